The van der Waals surface area contributed by atoms with Gasteiger partial charge in [-0.05, 0) is 34.5 Å². The second-order valence-electron chi connectivity index (χ2n) is 3.96. The quantitative estimate of drug-likeness (QED) is 0.686. The van der Waals surface area contributed by atoms with Gasteiger partial charge < -0.3 is 0 Å². The molecule has 2 aromatic carbocycles. The molecule has 0 aliphatic rings. The van der Waals surface area contributed by atoms with Crippen molar-refractivity contribution in [2.75, 3.05) is 0 Å². The average molecular weight is 216 g/mol. The van der Waals surface area contributed by atoms with Gasteiger partial charge in [-0.15, -0.1) is 9.24 Å². The summed E-state index contributed by atoms with van der Waals surface area (Å²) >= 11 is 0. The zero-order valence-electron chi connectivity index (χ0n) is 9.16. The summed E-state index contributed by atoms with van der Waals surface area (Å²) in [5.74, 6) is 0. The fourth-order valence-electron chi connectivity index (χ4n) is 1.93. The van der Waals surface area contributed by atoms with Crippen molar-refractivity contribution in [3.63, 3.8) is 0 Å². The van der Waals surface area contributed by atoms with Gasteiger partial charge >= 0.3 is 0 Å². The first-order valence-corrected chi connectivity index (χ1v) is 6.16. The molecule has 2 aromatic rings. The lowest BCUT2D eigenvalue weighted by molar-refractivity contribution is 0.798. The molecule has 0 aliphatic heterocycles. The topological polar surface area (TPSA) is 0 Å². The number of unbranched alkanes of at least 4 members (excludes halogenated alkanes) is 1. The van der Waals surface area contributed by atoms with E-state index in [1.807, 2.05) is 0 Å². The van der Waals surface area contributed by atoms with E-state index in [2.05, 4.69) is 52.6 Å². The van der Waals surface area contributed by atoms with Crippen LogP contribution in [0, 0.1) is 0 Å². The maximum atomic E-state index is 2.90. The second-order valence-corrected chi connectivity index (χ2v) is 4.54. The first-order chi connectivity index (χ1) is 7.33. The highest BCUT2D eigenvalue weighted by Crippen LogP contribution is 2.17. The maximum absolute atomic E-state index is 2.90. The third-order valence-corrected chi connectivity index (χ3v) is 3.54. The van der Waals surface area contributed by atoms with Gasteiger partial charge in [-0.1, -0.05) is 49.7 Å². The molecule has 0 saturated carbocycles. The van der Waals surface area contributed by atoms with E-state index >= 15 is 0 Å². The van der Waals surface area contributed by atoms with Gasteiger partial charge in [0.2, 0.25) is 0 Å². The van der Waals surface area contributed by atoms with Gasteiger partial charge in [0.15, 0.2) is 0 Å². The van der Waals surface area contributed by atoms with Crippen molar-refractivity contribution in [1.82, 2.24) is 0 Å². The molecule has 0 aliphatic carbocycles. The van der Waals surface area contributed by atoms with Crippen LogP contribution in [0.4, 0.5) is 0 Å². The van der Waals surface area contributed by atoms with Crippen LogP contribution >= 0.6 is 9.24 Å². The van der Waals surface area contributed by atoms with E-state index < -0.39 is 0 Å². The van der Waals surface area contributed by atoms with Crippen LogP contribution in [0.15, 0.2) is 36.4 Å². The van der Waals surface area contributed by atoms with Gasteiger partial charge in [0.1, 0.15) is 0 Å². The predicted octanol–water partition coefficient (Wildman–Crippen LogP) is 3.68. The van der Waals surface area contributed by atoms with Crippen molar-refractivity contribution in [3.8, 4) is 0 Å². The number of benzene rings is 2. The third kappa shape index (κ3) is 2.21. The molecule has 0 N–H and O–H groups in total. The molecule has 0 aromatic heterocycles. The zero-order chi connectivity index (χ0) is 10.7. The van der Waals surface area contributed by atoms with E-state index in [0.29, 0.717) is 0 Å². The first kappa shape index (κ1) is 10.6. The molecule has 0 fully saturated rings. The van der Waals surface area contributed by atoms with Crippen LogP contribution in [0.2, 0.25) is 0 Å². The van der Waals surface area contributed by atoms with Crippen molar-refractivity contribution in [2.45, 2.75) is 26.2 Å². The van der Waals surface area contributed by atoms with E-state index in [-0.39, 0.29) is 0 Å². The van der Waals surface area contributed by atoms with Crippen LogP contribution in [0.25, 0.3) is 10.8 Å². The summed E-state index contributed by atoms with van der Waals surface area (Å²) in [7, 11) is 2.90. The van der Waals surface area contributed by atoms with Gasteiger partial charge in [-0.2, -0.15) is 0 Å². The van der Waals surface area contributed by atoms with Crippen molar-refractivity contribution in [3.05, 3.63) is 42.0 Å². The summed E-state index contributed by atoms with van der Waals surface area (Å²) in [4.78, 5) is 0. The lowest BCUT2D eigenvalue weighted by Crippen LogP contribution is -2.03. The lowest BCUT2D eigenvalue weighted by Gasteiger charge is -2.08. The van der Waals surface area contributed by atoms with E-state index in [0.717, 1.165) is 0 Å². The zero-order valence-corrected chi connectivity index (χ0v) is 10.3. The van der Waals surface area contributed by atoms with Crippen LogP contribution in [-0.4, -0.2) is 0 Å². The Morgan fingerprint density at radius 2 is 1.87 bits per heavy atom. The Bertz CT molecular complexity index is 460. The fraction of sp³-hybridized carbons (Fsp3) is 0.286. The van der Waals surface area contributed by atoms with Gasteiger partial charge in [-0.3, -0.25) is 0 Å². The summed E-state index contributed by atoms with van der Waals surface area (Å²) in [6.45, 7) is 2.24. The van der Waals surface area contributed by atoms with Gasteiger partial charge in [0.05, 0.1) is 0 Å². The number of fused-ring (bicyclic) bond motifs is 1. The number of aryl methyl sites for hydroxylation is 1. The minimum Gasteiger partial charge on any atom is -0.105 e. The Morgan fingerprint density at radius 3 is 2.67 bits per heavy atom. The molecular weight excluding hydrogens is 199 g/mol. The highest BCUT2D eigenvalue weighted by Gasteiger charge is 2.02. The van der Waals surface area contributed by atoms with Crippen molar-refractivity contribution in [2.24, 2.45) is 0 Å². The van der Waals surface area contributed by atoms with Gasteiger partial charge in [0.25, 0.3) is 0 Å². The van der Waals surface area contributed by atoms with Crippen LogP contribution in [0.3, 0.4) is 0 Å². The molecule has 0 saturated heterocycles. The van der Waals surface area contributed by atoms with Gasteiger partial charge in [-0.25, -0.2) is 0 Å². The first-order valence-electron chi connectivity index (χ1n) is 5.59. The van der Waals surface area contributed by atoms with E-state index in [4.69, 9.17) is 0 Å². The highest BCUT2D eigenvalue weighted by molar-refractivity contribution is 7.28. The molecule has 78 valence electrons. The predicted molar refractivity (Wildman–Crippen MR) is 71.9 cm³/mol. The highest BCUT2D eigenvalue weighted by atomic mass is 31.0. The molecular formula is C14H17P. The summed E-state index contributed by atoms with van der Waals surface area (Å²) in [5.41, 5.74) is 1.47. The van der Waals surface area contributed by atoms with E-state index in [1.54, 1.807) is 0 Å². The molecule has 1 atom stereocenters. The molecule has 1 heteroatoms. The summed E-state index contributed by atoms with van der Waals surface area (Å²) < 4.78 is 0. The second kappa shape index (κ2) is 4.77. The Hall–Kier alpha value is -0.870. The molecule has 0 bridgehead atoms. The Kier molecular flexibility index (Phi) is 3.38. The summed E-state index contributed by atoms with van der Waals surface area (Å²) in [5, 5.41) is 4.08. The largest absolute Gasteiger partial charge is 0.105 e. The molecule has 0 radical (unpaired) electrons. The molecule has 0 nitrogen and oxygen atoms in total. The van der Waals surface area contributed by atoms with Gasteiger partial charge in [0, 0.05) is 0 Å². The van der Waals surface area contributed by atoms with Crippen LogP contribution in [0.1, 0.15) is 25.3 Å². The maximum Gasteiger partial charge on any atom is -0.0110 e. The minimum absolute atomic E-state index is 1.19. The number of rotatable bonds is 3. The molecule has 15 heavy (non-hydrogen) atoms. The third-order valence-electron chi connectivity index (χ3n) is 2.86. The molecule has 0 spiro atoms. The van der Waals surface area contributed by atoms with Crippen LogP contribution in [-0.2, 0) is 6.42 Å². The normalized spacial score (nSPS) is 10.8. The monoisotopic (exact) mass is 216 g/mol. The minimum atomic E-state index is 1.19. The Balaban J connectivity index is 2.45. The van der Waals surface area contributed by atoms with E-state index in [9.17, 15) is 0 Å². The van der Waals surface area contributed by atoms with Crippen molar-refractivity contribution < 1.29 is 0 Å². The molecule has 0 amide bonds. The van der Waals surface area contributed by atoms with E-state index in [1.165, 1.54) is 40.9 Å². The average Bonchev–Trinajstić information content (AvgIpc) is 2.29. The number of hydrogen-bond donors (Lipinski definition) is 0. The van der Waals surface area contributed by atoms with Crippen molar-refractivity contribution in [1.29, 1.82) is 0 Å². The van der Waals surface area contributed by atoms with Crippen LogP contribution < -0.4 is 5.30 Å². The molecule has 2 rings (SSSR count). The number of hydrogen-bond acceptors (Lipinski definition) is 0. The SMILES string of the molecule is CCCCc1ccc2ccccc2c1P. The molecule has 0 heterocycles. The van der Waals surface area contributed by atoms with Crippen molar-refractivity contribution >= 4 is 25.3 Å². The van der Waals surface area contributed by atoms with Crippen LogP contribution in [0.5, 0.6) is 0 Å². The fourth-order valence-corrected chi connectivity index (χ4v) is 2.43. The lowest BCUT2D eigenvalue weighted by atomic mass is 10.0. The summed E-state index contributed by atoms with van der Waals surface area (Å²) in [6, 6.07) is 13.1. The molecule has 1 unspecified atom stereocenters. The summed E-state index contributed by atoms with van der Waals surface area (Å²) in [6.07, 6.45) is 3.73. The Morgan fingerprint density at radius 1 is 1.07 bits per heavy atom. The Labute approximate surface area is 93.9 Å². The standard InChI is InChI=1S/C14H17P/c1-2-3-6-12-10-9-11-7-4-5-8-13(11)14(12)15/h4-5,7-10H,2-3,6,15H2,1H3. The smallest absolute Gasteiger partial charge is 0.0110 e.